The van der Waals surface area contributed by atoms with E-state index in [4.69, 9.17) is 4.74 Å². The number of nitrogens with one attached hydrogen (secondary N) is 2. The van der Waals surface area contributed by atoms with Crippen molar-refractivity contribution in [3.8, 4) is 5.75 Å². The quantitative estimate of drug-likeness (QED) is 0.775. The Bertz CT molecular complexity index is 456. The van der Waals surface area contributed by atoms with E-state index in [2.05, 4.69) is 10.6 Å². The molecule has 0 unspecified atom stereocenters. The molecule has 1 amide bonds. The lowest BCUT2D eigenvalue weighted by atomic mass is 10.2. The van der Waals surface area contributed by atoms with E-state index < -0.39 is 17.4 Å². The van der Waals surface area contributed by atoms with Gasteiger partial charge >= 0.3 is 0 Å². The lowest BCUT2D eigenvalue weighted by molar-refractivity contribution is -0.122. The maximum Gasteiger partial charge on any atom is 0.223 e. The summed E-state index contributed by atoms with van der Waals surface area (Å²) in [6.45, 7) is 6.61. The molecule has 21 heavy (non-hydrogen) atoms. The molecule has 0 bridgehead atoms. The van der Waals surface area contributed by atoms with Crippen molar-refractivity contribution in [1.82, 2.24) is 10.6 Å². The first kappa shape index (κ1) is 17.4. The second-order valence-electron chi connectivity index (χ2n) is 4.99. The van der Waals surface area contributed by atoms with Crippen LogP contribution in [-0.2, 0) is 11.3 Å². The first-order valence-corrected chi connectivity index (χ1v) is 7.04. The predicted molar refractivity (Wildman–Crippen MR) is 77.1 cm³/mol. The molecule has 0 saturated carbocycles. The van der Waals surface area contributed by atoms with E-state index >= 15 is 0 Å². The third kappa shape index (κ3) is 6.08. The van der Waals surface area contributed by atoms with Crippen LogP contribution in [0.1, 0.15) is 32.8 Å². The highest BCUT2D eigenvalue weighted by atomic mass is 19.1. The van der Waals surface area contributed by atoms with Crippen LogP contribution in [0.2, 0.25) is 0 Å². The van der Waals surface area contributed by atoms with E-state index in [9.17, 15) is 13.6 Å². The number of halogens is 2. The Morgan fingerprint density at radius 3 is 2.43 bits per heavy atom. The molecule has 4 nitrogen and oxygen atoms in total. The molecule has 0 saturated heterocycles. The van der Waals surface area contributed by atoms with Gasteiger partial charge in [-0.1, -0.05) is 6.92 Å². The smallest absolute Gasteiger partial charge is 0.223 e. The summed E-state index contributed by atoms with van der Waals surface area (Å²) in [5.41, 5.74) is 0.511. The number of benzene rings is 1. The van der Waals surface area contributed by atoms with Gasteiger partial charge < -0.3 is 15.4 Å². The summed E-state index contributed by atoms with van der Waals surface area (Å²) < 4.78 is 32.6. The van der Waals surface area contributed by atoms with Crippen LogP contribution in [0.25, 0.3) is 0 Å². The fourth-order valence-corrected chi connectivity index (χ4v) is 1.76. The van der Waals surface area contributed by atoms with E-state index in [1.54, 1.807) is 0 Å². The van der Waals surface area contributed by atoms with Gasteiger partial charge in [0.15, 0.2) is 17.4 Å². The molecule has 0 aliphatic heterocycles. The topological polar surface area (TPSA) is 50.4 Å². The number of carbonyl (C=O) groups is 1. The van der Waals surface area contributed by atoms with Crippen LogP contribution < -0.4 is 15.4 Å². The zero-order chi connectivity index (χ0) is 15.8. The maximum absolute atomic E-state index is 13.8. The third-order valence-electron chi connectivity index (χ3n) is 2.66. The minimum atomic E-state index is -0.757. The molecule has 6 heteroatoms. The Labute approximate surface area is 123 Å². The second kappa shape index (κ2) is 8.56. The molecular formula is C15H22F2N2O2. The summed E-state index contributed by atoms with van der Waals surface area (Å²) in [6, 6.07) is 2.49. The largest absolute Gasteiger partial charge is 0.487 e. The van der Waals surface area contributed by atoms with Crippen molar-refractivity contribution < 1.29 is 18.3 Å². The van der Waals surface area contributed by atoms with Crippen LogP contribution in [0.4, 0.5) is 8.78 Å². The Kier molecular flexibility index (Phi) is 7.08. The molecule has 0 aromatic heterocycles. The van der Waals surface area contributed by atoms with Gasteiger partial charge in [-0.15, -0.1) is 0 Å². The summed E-state index contributed by atoms with van der Waals surface area (Å²) in [5.74, 6) is -2.17. The van der Waals surface area contributed by atoms with Gasteiger partial charge in [0.1, 0.15) is 0 Å². The zero-order valence-corrected chi connectivity index (χ0v) is 12.6. The van der Waals surface area contributed by atoms with Crippen molar-refractivity contribution in [2.24, 2.45) is 0 Å². The molecule has 0 fully saturated rings. The summed E-state index contributed by atoms with van der Waals surface area (Å²) in [4.78, 5) is 11.4. The van der Waals surface area contributed by atoms with E-state index in [-0.39, 0.29) is 25.0 Å². The molecule has 0 aliphatic rings. The molecule has 1 aromatic carbocycles. The number of rotatable bonds is 8. The monoisotopic (exact) mass is 300 g/mol. The van der Waals surface area contributed by atoms with Gasteiger partial charge in [-0.25, -0.2) is 8.78 Å². The van der Waals surface area contributed by atoms with Crippen molar-refractivity contribution in [2.75, 3.05) is 13.2 Å². The van der Waals surface area contributed by atoms with Gasteiger partial charge in [-0.05, 0) is 38.1 Å². The lowest BCUT2D eigenvalue weighted by Crippen LogP contribution is -2.31. The lowest BCUT2D eigenvalue weighted by Gasteiger charge is -2.11. The standard InChI is InChI=1S/C15H22F2N2O2/c1-4-18-9-11-7-12(16)15(13(17)8-11)21-6-5-14(20)19-10(2)3/h7-8,10,18H,4-6,9H2,1-3H3,(H,19,20). The summed E-state index contributed by atoms with van der Waals surface area (Å²) in [7, 11) is 0. The molecular weight excluding hydrogens is 278 g/mol. The van der Waals surface area contributed by atoms with Gasteiger partial charge in [0.25, 0.3) is 0 Å². The van der Waals surface area contributed by atoms with Gasteiger partial charge in [0.05, 0.1) is 13.0 Å². The number of amides is 1. The van der Waals surface area contributed by atoms with E-state index in [1.165, 1.54) is 12.1 Å². The normalized spacial score (nSPS) is 10.8. The summed E-state index contributed by atoms with van der Waals surface area (Å²) >= 11 is 0. The average Bonchev–Trinajstić information content (AvgIpc) is 2.38. The van der Waals surface area contributed by atoms with Crippen LogP contribution in [-0.4, -0.2) is 25.1 Å². The van der Waals surface area contributed by atoms with Crippen LogP contribution in [0.15, 0.2) is 12.1 Å². The zero-order valence-electron chi connectivity index (χ0n) is 12.6. The molecule has 0 spiro atoms. The fraction of sp³-hybridized carbons (Fsp3) is 0.533. The van der Waals surface area contributed by atoms with E-state index in [1.807, 2.05) is 20.8 Å². The van der Waals surface area contributed by atoms with Crippen LogP contribution in [0, 0.1) is 11.6 Å². The molecule has 0 aliphatic carbocycles. The molecule has 0 heterocycles. The van der Waals surface area contributed by atoms with Crippen molar-refractivity contribution >= 4 is 5.91 Å². The third-order valence-corrected chi connectivity index (χ3v) is 2.66. The molecule has 118 valence electrons. The molecule has 1 aromatic rings. The summed E-state index contributed by atoms with van der Waals surface area (Å²) in [5, 5.41) is 5.66. The molecule has 0 radical (unpaired) electrons. The SMILES string of the molecule is CCNCc1cc(F)c(OCCC(=O)NC(C)C)c(F)c1. The van der Waals surface area contributed by atoms with Crippen molar-refractivity contribution in [2.45, 2.75) is 39.8 Å². The number of hydrogen-bond donors (Lipinski definition) is 2. The first-order valence-electron chi connectivity index (χ1n) is 7.04. The first-order chi connectivity index (χ1) is 9.93. The van der Waals surface area contributed by atoms with Gasteiger partial charge in [0, 0.05) is 12.6 Å². The highest BCUT2D eigenvalue weighted by molar-refractivity contribution is 5.76. The van der Waals surface area contributed by atoms with Gasteiger partial charge in [-0.3, -0.25) is 4.79 Å². The Balaban J connectivity index is 2.57. The van der Waals surface area contributed by atoms with Crippen LogP contribution in [0.3, 0.4) is 0 Å². The Hall–Kier alpha value is -1.69. The highest BCUT2D eigenvalue weighted by Gasteiger charge is 2.13. The summed E-state index contributed by atoms with van der Waals surface area (Å²) in [6.07, 6.45) is 0.0518. The van der Waals surface area contributed by atoms with Crippen LogP contribution in [0.5, 0.6) is 5.75 Å². The molecule has 1 rings (SSSR count). The van der Waals surface area contributed by atoms with Gasteiger partial charge in [0.2, 0.25) is 5.91 Å². The molecule has 2 N–H and O–H groups in total. The van der Waals surface area contributed by atoms with Gasteiger partial charge in [-0.2, -0.15) is 0 Å². The number of ether oxygens (including phenoxy) is 1. The fourth-order valence-electron chi connectivity index (χ4n) is 1.76. The Morgan fingerprint density at radius 1 is 1.29 bits per heavy atom. The predicted octanol–water partition coefficient (Wildman–Crippen LogP) is 2.37. The average molecular weight is 300 g/mol. The van der Waals surface area contributed by atoms with E-state index in [0.29, 0.717) is 18.7 Å². The van der Waals surface area contributed by atoms with E-state index in [0.717, 1.165) is 0 Å². The highest BCUT2D eigenvalue weighted by Crippen LogP contribution is 2.23. The maximum atomic E-state index is 13.8. The van der Waals surface area contributed by atoms with Crippen molar-refractivity contribution in [3.63, 3.8) is 0 Å². The number of hydrogen-bond acceptors (Lipinski definition) is 3. The van der Waals surface area contributed by atoms with Crippen molar-refractivity contribution in [1.29, 1.82) is 0 Å². The minimum Gasteiger partial charge on any atom is -0.487 e. The minimum absolute atomic E-state index is 0.0244. The van der Waals surface area contributed by atoms with Crippen molar-refractivity contribution in [3.05, 3.63) is 29.3 Å². The number of carbonyl (C=O) groups excluding carboxylic acids is 1. The molecule has 0 atom stereocenters. The second-order valence-corrected chi connectivity index (χ2v) is 4.99. The Morgan fingerprint density at radius 2 is 1.90 bits per heavy atom. The van der Waals surface area contributed by atoms with Crippen LogP contribution >= 0.6 is 0 Å².